The predicted octanol–water partition coefficient (Wildman–Crippen LogP) is 0.145. The van der Waals surface area contributed by atoms with Crippen molar-refractivity contribution in [1.82, 2.24) is 0 Å². The van der Waals surface area contributed by atoms with Crippen LogP contribution in [0.25, 0.3) is 0 Å². The summed E-state index contributed by atoms with van der Waals surface area (Å²) < 4.78 is 4.69. The number of aliphatic carboxylic acids is 1. The molecule has 0 aromatic heterocycles. The van der Waals surface area contributed by atoms with Gasteiger partial charge in [0.1, 0.15) is 0 Å². The van der Waals surface area contributed by atoms with E-state index in [-0.39, 0.29) is 21.7 Å². The summed E-state index contributed by atoms with van der Waals surface area (Å²) in [5.74, 6) is -0.746. The molecule has 0 spiro atoms. The molecule has 0 aliphatic carbocycles. The van der Waals surface area contributed by atoms with Crippen LogP contribution in [0.4, 0.5) is 0 Å². The summed E-state index contributed by atoms with van der Waals surface area (Å²) in [6.07, 6.45) is 0.230. The quantitative estimate of drug-likeness (QED) is 0.498. The van der Waals surface area contributed by atoms with Crippen LogP contribution in [-0.4, -0.2) is 33.5 Å². The first kappa shape index (κ1) is 7.95. The molecule has 8 heavy (non-hydrogen) atoms. The van der Waals surface area contributed by atoms with E-state index >= 15 is 0 Å². The molecule has 1 N–H and O–H groups in total. The summed E-state index contributed by atoms with van der Waals surface area (Å²) in [5, 5.41) is 8.76. The first-order valence-electron chi connectivity index (χ1n) is 2.14. The van der Waals surface area contributed by atoms with Crippen molar-refractivity contribution in [1.29, 1.82) is 0 Å². The van der Waals surface area contributed by atoms with Crippen molar-refractivity contribution in [2.75, 3.05) is 7.11 Å². The third kappa shape index (κ3) is 5.95. The molecule has 0 radical (unpaired) electrons. The molecule has 0 aromatic rings. The number of carbonyl (C=O) groups is 1. The van der Waals surface area contributed by atoms with Crippen LogP contribution < -0.4 is 0 Å². The predicted molar refractivity (Wildman–Crippen MR) is 29.8 cm³/mol. The second-order valence-corrected chi connectivity index (χ2v) is 3.18. The topological polar surface area (TPSA) is 46.5 Å². The molecule has 0 bridgehead atoms. The molecular weight excluding hydrogens is 175 g/mol. The third-order valence-corrected chi connectivity index (χ3v) is 1.79. The third-order valence-electron chi connectivity index (χ3n) is 0.517. The van der Waals surface area contributed by atoms with E-state index in [1.54, 1.807) is 7.11 Å². The van der Waals surface area contributed by atoms with Gasteiger partial charge in [-0.1, -0.05) is 0 Å². The second kappa shape index (κ2) is 5.09. The second-order valence-electron chi connectivity index (χ2n) is 1.13. The van der Waals surface area contributed by atoms with Gasteiger partial charge in [-0.3, -0.25) is 0 Å². The molecule has 0 rings (SSSR count). The number of rotatable bonds is 4. The van der Waals surface area contributed by atoms with Crippen LogP contribution in [0.2, 0.25) is 5.32 Å². The number of carboxylic acid groups (broad SMARTS) is 1. The van der Waals surface area contributed by atoms with Crippen molar-refractivity contribution in [3.63, 3.8) is 0 Å². The van der Waals surface area contributed by atoms with Crippen LogP contribution in [0.15, 0.2) is 0 Å². The Balaban J connectivity index is 2.82. The van der Waals surface area contributed by atoms with E-state index in [9.17, 15) is 4.79 Å². The zero-order chi connectivity index (χ0) is 6.41. The summed E-state index contributed by atoms with van der Waals surface area (Å²) in [6, 6.07) is 0. The van der Waals surface area contributed by atoms with E-state index in [0.717, 1.165) is 0 Å². The minimum atomic E-state index is -0.746. The van der Waals surface area contributed by atoms with Crippen molar-refractivity contribution < 1.29 is 13.7 Å². The molecule has 3 nitrogen and oxygen atoms in total. The van der Waals surface area contributed by atoms with Gasteiger partial charge in [0.25, 0.3) is 0 Å². The summed E-state index contributed by atoms with van der Waals surface area (Å²) in [5.41, 5.74) is 0. The molecular formula is C4H8O3Se. The van der Waals surface area contributed by atoms with Gasteiger partial charge in [-0.25, -0.2) is 0 Å². The Morgan fingerprint density at radius 1 is 1.88 bits per heavy atom. The fourth-order valence-electron chi connectivity index (χ4n) is 0.212. The van der Waals surface area contributed by atoms with Gasteiger partial charge < -0.3 is 0 Å². The van der Waals surface area contributed by atoms with Crippen molar-refractivity contribution in [2.45, 2.75) is 11.7 Å². The van der Waals surface area contributed by atoms with Gasteiger partial charge in [0, 0.05) is 0 Å². The number of carboxylic acids is 1. The molecule has 48 valence electrons. The van der Waals surface area contributed by atoms with Gasteiger partial charge in [-0.2, -0.15) is 0 Å². The maximum atomic E-state index is 9.83. The summed E-state index contributed by atoms with van der Waals surface area (Å²) in [4.78, 5) is 9.83. The summed E-state index contributed by atoms with van der Waals surface area (Å²) in [6.45, 7) is 0. The first-order chi connectivity index (χ1) is 3.77. The fraction of sp³-hybridized carbons (Fsp3) is 0.750. The number of hydrogen-bond donors (Lipinski definition) is 1. The number of hydrogen-bond acceptors (Lipinski definition) is 2. The molecule has 0 amide bonds. The van der Waals surface area contributed by atoms with Gasteiger partial charge in [0.05, 0.1) is 0 Å². The Morgan fingerprint density at radius 2 is 2.50 bits per heavy atom. The van der Waals surface area contributed by atoms with Gasteiger partial charge >= 0.3 is 53.8 Å². The van der Waals surface area contributed by atoms with Gasteiger partial charge in [0.2, 0.25) is 0 Å². The monoisotopic (exact) mass is 184 g/mol. The Kier molecular flexibility index (Phi) is 5.06. The zero-order valence-corrected chi connectivity index (χ0v) is 6.30. The van der Waals surface area contributed by atoms with E-state index in [1.807, 2.05) is 0 Å². The molecule has 0 fully saturated rings. The van der Waals surface area contributed by atoms with Crippen LogP contribution in [-0.2, 0) is 8.61 Å². The van der Waals surface area contributed by atoms with Crippen LogP contribution in [0.3, 0.4) is 0 Å². The van der Waals surface area contributed by atoms with E-state index in [4.69, 9.17) is 8.93 Å². The molecule has 0 heterocycles. The molecule has 0 atom stereocenters. The zero-order valence-electron chi connectivity index (χ0n) is 4.59. The van der Waals surface area contributed by atoms with E-state index in [2.05, 4.69) is 0 Å². The fourth-order valence-corrected chi connectivity index (χ4v) is 1.10. The molecule has 0 saturated heterocycles. The summed E-state index contributed by atoms with van der Waals surface area (Å²) >= 11 is 0.0678. The normalized spacial score (nSPS) is 9.12. The standard InChI is InChI=1S/C4H8O3Se/c1-7-8-3-2-4(5)6/h2-3H2,1H3,(H,5,6). The van der Waals surface area contributed by atoms with Crippen molar-refractivity contribution in [3.8, 4) is 0 Å². The minimum absolute atomic E-state index is 0.0678. The van der Waals surface area contributed by atoms with Crippen LogP contribution in [0, 0.1) is 0 Å². The summed E-state index contributed by atoms with van der Waals surface area (Å²) in [7, 11) is 1.59. The van der Waals surface area contributed by atoms with E-state index in [1.165, 1.54) is 0 Å². The average molecular weight is 183 g/mol. The van der Waals surface area contributed by atoms with Gasteiger partial charge in [0.15, 0.2) is 0 Å². The maximum absolute atomic E-state index is 9.83. The van der Waals surface area contributed by atoms with Crippen LogP contribution in [0.5, 0.6) is 0 Å². The van der Waals surface area contributed by atoms with E-state index < -0.39 is 5.97 Å². The van der Waals surface area contributed by atoms with E-state index in [0.29, 0.717) is 5.32 Å². The van der Waals surface area contributed by atoms with Gasteiger partial charge in [-0.05, 0) is 0 Å². The molecule has 0 aliphatic rings. The molecule has 0 unspecified atom stereocenters. The Morgan fingerprint density at radius 3 is 2.88 bits per heavy atom. The van der Waals surface area contributed by atoms with Crippen molar-refractivity contribution in [2.24, 2.45) is 0 Å². The Hall–Kier alpha value is -0.0505. The Bertz CT molecular complexity index is 73.7. The van der Waals surface area contributed by atoms with Crippen molar-refractivity contribution in [3.05, 3.63) is 0 Å². The SMILES string of the molecule is CO[Se]CCC(=O)O. The first-order valence-corrected chi connectivity index (χ1v) is 4.06. The Labute approximate surface area is 54.5 Å². The molecule has 0 aromatic carbocycles. The molecule has 0 saturated carbocycles. The van der Waals surface area contributed by atoms with Gasteiger partial charge in [-0.15, -0.1) is 0 Å². The molecule has 4 heteroatoms. The molecule has 0 aliphatic heterocycles. The van der Waals surface area contributed by atoms with Crippen LogP contribution in [0.1, 0.15) is 6.42 Å². The van der Waals surface area contributed by atoms with Crippen LogP contribution >= 0.6 is 0 Å². The van der Waals surface area contributed by atoms with Crippen molar-refractivity contribution >= 4 is 21.3 Å². The average Bonchev–Trinajstić information content (AvgIpc) is 1.66.